The fourth-order valence-corrected chi connectivity index (χ4v) is 1.63. The maximum atomic E-state index is 11.1. The first-order valence-electron chi connectivity index (χ1n) is 6.14. The van der Waals surface area contributed by atoms with Gasteiger partial charge in [-0.25, -0.2) is 19.4 Å². The fraction of sp³-hybridized carbons (Fsp3) is 0.833. The van der Waals surface area contributed by atoms with Gasteiger partial charge in [0.25, 0.3) is 0 Å². The molecule has 2 saturated carbocycles. The third-order valence-corrected chi connectivity index (χ3v) is 3.13. The maximum Gasteiger partial charge on any atom is 0.355 e. The van der Waals surface area contributed by atoms with Crippen molar-refractivity contribution in [3.8, 4) is 0 Å². The van der Waals surface area contributed by atoms with E-state index < -0.39 is 11.9 Å². The summed E-state index contributed by atoms with van der Waals surface area (Å²) in [6, 6.07) is 0. The normalized spacial score (nSPS) is 19.2. The van der Waals surface area contributed by atoms with Crippen LogP contribution in [0.2, 0.25) is 0 Å². The molecular formula is C12H18O4. The van der Waals surface area contributed by atoms with Crippen molar-refractivity contribution >= 4 is 11.9 Å². The number of rotatable bonds is 6. The van der Waals surface area contributed by atoms with Gasteiger partial charge in [0.15, 0.2) is 0 Å². The summed E-state index contributed by atoms with van der Waals surface area (Å²) in [6.07, 6.45) is 7.31. The zero-order chi connectivity index (χ0) is 11.4. The topological polar surface area (TPSA) is 52.6 Å². The van der Waals surface area contributed by atoms with E-state index in [-0.39, 0.29) is 0 Å². The Labute approximate surface area is 95.2 Å². The molecular weight excluding hydrogens is 208 g/mol. The number of carbonyl (C=O) groups is 2. The Bertz CT molecular complexity index is 238. The van der Waals surface area contributed by atoms with Crippen molar-refractivity contribution < 1.29 is 19.4 Å². The lowest BCUT2D eigenvalue weighted by atomic mass is 10.2. The monoisotopic (exact) mass is 226 g/mol. The summed E-state index contributed by atoms with van der Waals surface area (Å²) in [5.41, 5.74) is 0. The van der Waals surface area contributed by atoms with Crippen LogP contribution in [0.15, 0.2) is 0 Å². The highest BCUT2D eigenvalue weighted by Gasteiger charge is 2.24. The Balaban J connectivity index is 1.47. The van der Waals surface area contributed by atoms with Crippen LogP contribution in [0.5, 0.6) is 0 Å². The second kappa shape index (κ2) is 5.32. The summed E-state index contributed by atoms with van der Waals surface area (Å²) >= 11 is 0. The van der Waals surface area contributed by atoms with E-state index in [2.05, 4.69) is 9.78 Å². The Kier molecular flexibility index (Phi) is 3.80. The predicted octanol–water partition coefficient (Wildman–Crippen LogP) is 2.37. The molecule has 2 fully saturated rings. The van der Waals surface area contributed by atoms with Crippen molar-refractivity contribution in [3.63, 3.8) is 0 Å². The van der Waals surface area contributed by atoms with Gasteiger partial charge in [0.1, 0.15) is 0 Å². The molecule has 0 aromatic heterocycles. The van der Waals surface area contributed by atoms with Crippen molar-refractivity contribution in [1.82, 2.24) is 0 Å². The third-order valence-electron chi connectivity index (χ3n) is 3.13. The maximum absolute atomic E-state index is 11.1. The van der Waals surface area contributed by atoms with Gasteiger partial charge in [-0.15, -0.1) is 0 Å². The average molecular weight is 226 g/mol. The van der Waals surface area contributed by atoms with Crippen molar-refractivity contribution in [3.05, 3.63) is 0 Å². The van der Waals surface area contributed by atoms with Crippen molar-refractivity contribution in [2.45, 2.75) is 51.4 Å². The van der Waals surface area contributed by atoms with Crippen molar-refractivity contribution in [2.24, 2.45) is 11.8 Å². The van der Waals surface area contributed by atoms with E-state index in [0.29, 0.717) is 24.7 Å². The summed E-state index contributed by atoms with van der Waals surface area (Å²) in [6.45, 7) is 0. The quantitative estimate of drug-likeness (QED) is 0.515. The molecule has 0 aromatic rings. The van der Waals surface area contributed by atoms with Crippen LogP contribution in [-0.4, -0.2) is 11.9 Å². The Morgan fingerprint density at radius 2 is 1.19 bits per heavy atom. The van der Waals surface area contributed by atoms with Gasteiger partial charge in [-0.1, -0.05) is 25.7 Å². The molecule has 90 valence electrons. The lowest BCUT2D eigenvalue weighted by Crippen LogP contribution is -2.11. The SMILES string of the molecule is O=C(CCC1CC1)OOC(=O)CCC1CC1. The molecule has 0 radical (unpaired) electrons. The smallest absolute Gasteiger partial charge is 0.247 e. The first kappa shape index (κ1) is 11.4. The third kappa shape index (κ3) is 4.64. The van der Waals surface area contributed by atoms with Crippen LogP contribution in [0.25, 0.3) is 0 Å². The molecule has 0 saturated heterocycles. The highest BCUT2D eigenvalue weighted by molar-refractivity contribution is 5.72. The predicted molar refractivity (Wildman–Crippen MR) is 56.1 cm³/mol. The van der Waals surface area contributed by atoms with E-state index in [4.69, 9.17) is 0 Å². The number of hydrogen-bond acceptors (Lipinski definition) is 4. The molecule has 0 unspecified atom stereocenters. The number of carbonyl (C=O) groups excluding carboxylic acids is 2. The van der Waals surface area contributed by atoms with E-state index in [9.17, 15) is 9.59 Å². The zero-order valence-electron chi connectivity index (χ0n) is 9.44. The van der Waals surface area contributed by atoms with E-state index in [1.807, 2.05) is 0 Å². The molecule has 0 N–H and O–H groups in total. The van der Waals surface area contributed by atoms with Crippen LogP contribution in [0.3, 0.4) is 0 Å². The van der Waals surface area contributed by atoms with Crippen LogP contribution in [0, 0.1) is 11.8 Å². The molecule has 0 heterocycles. The molecule has 16 heavy (non-hydrogen) atoms. The summed E-state index contributed by atoms with van der Waals surface area (Å²) in [5.74, 6) is 0.537. The van der Waals surface area contributed by atoms with Gasteiger partial charge >= 0.3 is 11.9 Å². The van der Waals surface area contributed by atoms with E-state index in [1.54, 1.807) is 0 Å². The van der Waals surface area contributed by atoms with E-state index in [0.717, 1.165) is 12.8 Å². The van der Waals surface area contributed by atoms with Gasteiger partial charge in [-0.3, -0.25) is 0 Å². The second-order valence-corrected chi connectivity index (χ2v) is 4.87. The summed E-state index contributed by atoms with van der Waals surface area (Å²) in [4.78, 5) is 31.2. The van der Waals surface area contributed by atoms with E-state index >= 15 is 0 Å². The first-order valence-corrected chi connectivity index (χ1v) is 6.14. The largest absolute Gasteiger partial charge is 0.355 e. The lowest BCUT2D eigenvalue weighted by Gasteiger charge is -2.02. The molecule has 0 amide bonds. The molecule has 2 rings (SSSR count). The van der Waals surface area contributed by atoms with Crippen LogP contribution in [0.1, 0.15) is 51.4 Å². The first-order chi connectivity index (χ1) is 7.74. The molecule has 2 aliphatic rings. The van der Waals surface area contributed by atoms with Gasteiger partial charge in [0.05, 0.1) is 12.8 Å². The molecule has 4 heteroatoms. The molecule has 0 atom stereocenters. The standard InChI is InChI=1S/C12H18O4/c13-11(7-5-9-1-2-9)15-16-12(14)8-6-10-3-4-10/h9-10H,1-8H2. The Morgan fingerprint density at radius 3 is 1.50 bits per heavy atom. The van der Waals surface area contributed by atoms with Crippen molar-refractivity contribution in [1.29, 1.82) is 0 Å². The minimum absolute atomic E-state index is 0.362. The molecule has 4 nitrogen and oxygen atoms in total. The van der Waals surface area contributed by atoms with Gasteiger partial charge in [-0.05, 0) is 24.7 Å². The average Bonchev–Trinajstić information content (AvgIpc) is 3.15. The van der Waals surface area contributed by atoms with Crippen LogP contribution >= 0.6 is 0 Å². The van der Waals surface area contributed by atoms with Gasteiger partial charge in [0.2, 0.25) is 0 Å². The summed E-state index contributed by atoms with van der Waals surface area (Å²) in [7, 11) is 0. The number of hydrogen-bond donors (Lipinski definition) is 0. The fourth-order valence-electron chi connectivity index (χ4n) is 1.63. The summed E-state index contributed by atoms with van der Waals surface area (Å²) < 4.78 is 0. The Morgan fingerprint density at radius 1 is 0.812 bits per heavy atom. The van der Waals surface area contributed by atoms with Crippen LogP contribution in [0.4, 0.5) is 0 Å². The zero-order valence-corrected chi connectivity index (χ0v) is 9.44. The molecule has 0 aromatic carbocycles. The van der Waals surface area contributed by atoms with Crippen LogP contribution in [-0.2, 0) is 19.4 Å². The van der Waals surface area contributed by atoms with Crippen molar-refractivity contribution in [2.75, 3.05) is 0 Å². The van der Waals surface area contributed by atoms with Gasteiger partial charge in [-0.2, -0.15) is 0 Å². The second-order valence-electron chi connectivity index (χ2n) is 4.87. The van der Waals surface area contributed by atoms with E-state index in [1.165, 1.54) is 25.7 Å². The molecule has 2 aliphatic carbocycles. The lowest BCUT2D eigenvalue weighted by molar-refractivity contribution is -0.259. The van der Waals surface area contributed by atoms with Gasteiger partial charge in [0, 0.05) is 0 Å². The molecule has 0 aliphatic heterocycles. The van der Waals surface area contributed by atoms with Crippen LogP contribution < -0.4 is 0 Å². The Hall–Kier alpha value is -1.06. The highest BCUT2D eigenvalue weighted by atomic mass is 17.2. The highest BCUT2D eigenvalue weighted by Crippen LogP contribution is 2.34. The minimum Gasteiger partial charge on any atom is -0.247 e. The minimum atomic E-state index is -0.424. The molecule has 0 spiro atoms. The molecule has 0 bridgehead atoms. The van der Waals surface area contributed by atoms with Gasteiger partial charge < -0.3 is 0 Å². The summed E-state index contributed by atoms with van der Waals surface area (Å²) in [5, 5.41) is 0.